The normalized spacial score (nSPS) is 16.8. The predicted octanol–water partition coefficient (Wildman–Crippen LogP) is 7.30. The van der Waals surface area contributed by atoms with Crippen LogP contribution in [0.4, 0.5) is 10.1 Å². The molecule has 1 N–H and O–H groups in total. The molecule has 1 saturated carbocycles. The molecule has 1 aliphatic heterocycles. The van der Waals surface area contributed by atoms with Crippen molar-refractivity contribution in [1.82, 2.24) is 4.98 Å². The van der Waals surface area contributed by atoms with Crippen LogP contribution in [0.25, 0.3) is 11.1 Å². The number of pyridine rings is 1. The van der Waals surface area contributed by atoms with Gasteiger partial charge in [0.25, 0.3) is 0 Å². The number of carboxylic acid groups (broad SMARTS) is 1. The molecule has 1 spiro atoms. The maximum absolute atomic E-state index is 13.2. The summed E-state index contributed by atoms with van der Waals surface area (Å²) in [6.07, 6.45) is 9.67. The predicted molar refractivity (Wildman–Crippen MR) is 153 cm³/mol. The maximum atomic E-state index is 13.2. The Bertz CT molecular complexity index is 1290. The van der Waals surface area contributed by atoms with E-state index in [1.54, 1.807) is 12.1 Å². The third-order valence-corrected chi connectivity index (χ3v) is 8.75. The lowest BCUT2D eigenvalue weighted by atomic mass is 9.68. The van der Waals surface area contributed by atoms with Crippen LogP contribution in [0.2, 0.25) is 0 Å². The minimum absolute atomic E-state index is 0.0341. The van der Waals surface area contributed by atoms with E-state index in [0.717, 1.165) is 58.2 Å². The monoisotopic (exact) mass is 530 g/mol. The lowest BCUT2D eigenvalue weighted by Gasteiger charge is -2.46. The number of benzene rings is 2. The van der Waals surface area contributed by atoms with E-state index in [9.17, 15) is 14.3 Å². The van der Waals surface area contributed by atoms with Crippen LogP contribution < -0.4 is 9.64 Å². The highest BCUT2D eigenvalue weighted by molar-refractivity contribution is 5.86. The van der Waals surface area contributed by atoms with E-state index in [1.165, 1.54) is 57.1 Å². The zero-order valence-electron chi connectivity index (χ0n) is 23.1. The lowest BCUT2D eigenvalue weighted by molar-refractivity contribution is -0.136. The van der Waals surface area contributed by atoms with Gasteiger partial charge in [0.05, 0.1) is 18.7 Å². The number of nitrogens with zero attached hydrogens (tertiary/aromatic N) is 2. The molecule has 1 aromatic heterocycles. The minimum atomic E-state index is -0.832. The molecule has 0 unspecified atom stereocenters. The fourth-order valence-electron chi connectivity index (χ4n) is 6.59. The largest absolute Gasteiger partial charge is 0.493 e. The molecule has 0 bridgehead atoms. The first-order chi connectivity index (χ1) is 18.8. The number of anilines is 1. The summed E-state index contributed by atoms with van der Waals surface area (Å²) in [5.41, 5.74) is 7.11. The molecule has 2 aliphatic rings. The summed E-state index contributed by atoms with van der Waals surface area (Å²) in [7, 11) is 0. The number of hydrogen-bond donors (Lipinski definition) is 1. The number of ether oxygens (including phenoxy) is 1. The van der Waals surface area contributed by atoms with Crippen LogP contribution >= 0.6 is 0 Å². The highest BCUT2D eigenvalue weighted by atomic mass is 19.1. The molecule has 1 saturated heterocycles. The van der Waals surface area contributed by atoms with Crippen LogP contribution in [0, 0.1) is 25.1 Å². The van der Waals surface area contributed by atoms with Crippen molar-refractivity contribution in [3.63, 3.8) is 0 Å². The van der Waals surface area contributed by atoms with Crippen LogP contribution in [0.3, 0.4) is 0 Å². The Balaban J connectivity index is 1.39. The summed E-state index contributed by atoms with van der Waals surface area (Å²) >= 11 is 0. The summed E-state index contributed by atoms with van der Waals surface area (Å²) in [5.74, 6) is -0.301. The van der Waals surface area contributed by atoms with Gasteiger partial charge < -0.3 is 14.7 Å². The molecule has 0 radical (unpaired) electrons. The number of aromatic nitrogens is 1. The summed E-state index contributed by atoms with van der Waals surface area (Å²) in [6.45, 7) is 6.36. The summed E-state index contributed by atoms with van der Waals surface area (Å²) in [5, 5.41) is 9.78. The van der Waals surface area contributed by atoms with E-state index in [-0.39, 0.29) is 12.2 Å². The van der Waals surface area contributed by atoms with Crippen LogP contribution in [0.1, 0.15) is 67.5 Å². The van der Waals surface area contributed by atoms with Crippen molar-refractivity contribution >= 4 is 11.7 Å². The van der Waals surface area contributed by atoms with Crippen LogP contribution in [-0.4, -0.2) is 35.8 Å². The van der Waals surface area contributed by atoms with Gasteiger partial charge in [-0.15, -0.1) is 0 Å². The number of carbonyl (C=O) groups is 1. The molecular weight excluding hydrogens is 491 g/mol. The van der Waals surface area contributed by atoms with Gasteiger partial charge in [-0.1, -0.05) is 43.5 Å². The SMILES string of the molecule is Cc1nc(C)c(-c2ccc(OCCc3ccc(F)cc3)cc2)c(N2CCC3(CCCCC3)CC2)c1CC(=O)O. The first kappa shape index (κ1) is 27.2. The second-order valence-corrected chi connectivity index (χ2v) is 11.4. The van der Waals surface area contributed by atoms with Crippen molar-refractivity contribution < 1.29 is 19.0 Å². The molecule has 5 nitrogen and oxygen atoms in total. The Morgan fingerprint density at radius 2 is 1.62 bits per heavy atom. The molecule has 2 heterocycles. The van der Waals surface area contributed by atoms with Crippen molar-refractivity contribution in [3.8, 4) is 16.9 Å². The van der Waals surface area contributed by atoms with Crippen molar-refractivity contribution in [3.05, 3.63) is 76.9 Å². The van der Waals surface area contributed by atoms with Crippen molar-refractivity contribution in [1.29, 1.82) is 0 Å². The van der Waals surface area contributed by atoms with Crippen molar-refractivity contribution in [2.45, 2.75) is 71.6 Å². The third-order valence-electron chi connectivity index (χ3n) is 8.75. The Labute approximate surface area is 231 Å². The van der Waals surface area contributed by atoms with E-state index in [2.05, 4.69) is 4.90 Å². The third kappa shape index (κ3) is 6.26. The summed E-state index contributed by atoms with van der Waals surface area (Å²) < 4.78 is 19.1. The molecule has 2 aromatic carbocycles. The molecule has 3 aromatic rings. The number of aliphatic carboxylic acids is 1. The number of rotatable bonds is 8. The summed E-state index contributed by atoms with van der Waals surface area (Å²) in [6, 6.07) is 14.5. The van der Waals surface area contributed by atoms with Gasteiger partial charge in [-0.2, -0.15) is 0 Å². The van der Waals surface area contributed by atoms with Gasteiger partial charge in [-0.05, 0) is 80.3 Å². The van der Waals surface area contributed by atoms with Crippen LogP contribution in [0.15, 0.2) is 48.5 Å². The molecule has 0 atom stereocenters. The van der Waals surface area contributed by atoms with E-state index >= 15 is 0 Å². The minimum Gasteiger partial charge on any atom is -0.493 e. The Kier molecular flexibility index (Phi) is 8.20. The topological polar surface area (TPSA) is 62.7 Å². The average Bonchev–Trinajstić information content (AvgIpc) is 2.93. The van der Waals surface area contributed by atoms with Crippen molar-refractivity contribution in [2.24, 2.45) is 5.41 Å². The van der Waals surface area contributed by atoms with Gasteiger partial charge in [-0.25, -0.2) is 4.39 Å². The highest BCUT2D eigenvalue weighted by Crippen LogP contribution is 2.47. The molecule has 2 fully saturated rings. The lowest BCUT2D eigenvalue weighted by Crippen LogP contribution is -2.42. The highest BCUT2D eigenvalue weighted by Gasteiger charge is 2.37. The quantitative estimate of drug-likeness (QED) is 0.331. The van der Waals surface area contributed by atoms with Crippen molar-refractivity contribution in [2.75, 3.05) is 24.6 Å². The van der Waals surface area contributed by atoms with Crippen LogP contribution in [0.5, 0.6) is 5.75 Å². The molecule has 1 aliphatic carbocycles. The fourth-order valence-corrected chi connectivity index (χ4v) is 6.59. The average molecular weight is 531 g/mol. The molecule has 5 rings (SSSR count). The number of hydrogen-bond acceptors (Lipinski definition) is 4. The number of aryl methyl sites for hydroxylation is 2. The molecular formula is C33H39FN2O3. The smallest absolute Gasteiger partial charge is 0.307 e. The Morgan fingerprint density at radius 1 is 0.949 bits per heavy atom. The van der Waals surface area contributed by atoms with Gasteiger partial charge in [0.15, 0.2) is 0 Å². The zero-order chi connectivity index (χ0) is 27.4. The first-order valence-electron chi connectivity index (χ1n) is 14.3. The molecule has 39 heavy (non-hydrogen) atoms. The van der Waals surface area contributed by atoms with Crippen LogP contribution in [-0.2, 0) is 17.6 Å². The zero-order valence-corrected chi connectivity index (χ0v) is 23.1. The van der Waals surface area contributed by atoms with E-state index in [1.807, 2.05) is 38.1 Å². The van der Waals surface area contributed by atoms with Gasteiger partial charge in [0.1, 0.15) is 11.6 Å². The maximum Gasteiger partial charge on any atom is 0.307 e. The van der Waals surface area contributed by atoms with Gasteiger partial charge in [0.2, 0.25) is 0 Å². The number of piperidine rings is 1. The van der Waals surface area contributed by atoms with Gasteiger partial charge in [-0.3, -0.25) is 9.78 Å². The Morgan fingerprint density at radius 3 is 2.26 bits per heavy atom. The number of carboxylic acids is 1. The first-order valence-corrected chi connectivity index (χ1v) is 14.3. The van der Waals surface area contributed by atoms with E-state index in [0.29, 0.717) is 18.4 Å². The molecule has 206 valence electrons. The number of halogens is 1. The van der Waals surface area contributed by atoms with E-state index < -0.39 is 5.97 Å². The molecule has 6 heteroatoms. The van der Waals surface area contributed by atoms with Gasteiger partial charge >= 0.3 is 5.97 Å². The van der Waals surface area contributed by atoms with E-state index in [4.69, 9.17) is 9.72 Å². The summed E-state index contributed by atoms with van der Waals surface area (Å²) in [4.78, 5) is 19.2. The standard InChI is InChI=1S/C33H39FN2O3/c1-23-29(22-30(37)38)32(36-19-17-33(18-20-36)15-4-3-5-16-33)31(24(2)35-23)26-8-12-28(13-9-26)39-21-14-25-6-10-27(34)11-7-25/h6-13H,3-5,14-22H2,1-2H3,(H,37,38). The second kappa shape index (κ2) is 11.8. The van der Waals surface area contributed by atoms with Gasteiger partial charge in [0, 0.05) is 42.0 Å². The molecule has 0 amide bonds. The Hall–Kier alpha value is -3.41. The fraction of sp³-hybridized carbons (Fsp3) is 0.455. The second-order valence-electron chi connectivity index (χ2n) is 11.4.